The van der Waals surface area contributed by atoms with Gasteiger partial charge >= 0.3 is 0 Å². The Morgan fingerprint density at radius 2 is 1.56 bits per heavy atom. The zero-order valence-electron chi connectivity index (χ0n) is 12.6. The van der Waals surface area contributed by atoms with Crippen LogP contribution in [-0.4, -0.2) is 16.1 Å². The molecule has 126 valence electrons. The van der Waals surface area contributed by atoms with Crippen molar-refractivity contribution < 1.29 is 18.0 Å². The molecule has 3 rings (SSSR count). The number of benzene rings is 2. The van der Waals surface area contributed by atoms with Crippen LogP contribution in [-0.2, 0) is 0 Å². The van der Waals surface area contributed by atoms with Gasteiger partial charge in [-0.15, -0.1) is 10.2 Å². The number of nitrogens with one attached hydrogen (secondary N) is 2. The van der Waals surface area contributed by atoms with E-state index < -0.39 is 23.4 Å². The molecule has 1 heterocycles. The van der Waals surface area contributed by atoms with Crippen LogP contribution >= 0.6 is 0 Å². The normalized spacial score (nSPS) is 10.4. The van der Waals surface area contributed by atoms with Crippen molar-refractivity contribution in [3.8, 4) is 0 Å². The first-order valence-electron chi connectivity index (χ1n) is 7.14. The lowest BCUT2D eigenvalue weighted by Crippen LogP contribution is -2.14. The molecule has 0 aliphatic rings. The first-order valence-corrected chi connectivity index (χ1v) is 7.14. The van der Waals surface area contributed by atoms with Crippen molar-refractivity contribution >= 4 is 23.1 Å². The Morgan fingerprint density at radius 3 is 2.20 bits per heavy atom. The number of anilines is 3. The summed E-state index contributed by atoms with van der Waals surface area (Å²) in [4.78, 5) is 12.0. The molecule has 0 saturated carbocycles. The summed E-state index contributed by atoms with van der Waals surface area (Å²) in [5, 5.41) is 12.7. The van der Waals surface area contributed by atoms with Crippen LogP contribution in [0.5, 0.6) is 0 Å². The van der Waals surface area contributed by atoms with Gasteiger partial charge < -0.3 is 10.6 Å². The highest BCUT2D eigenvalue weighted by Crippen LogP contribution is 2.19. The number of nitrogens with zero attached hydrogens (tertiary/aromatic N) is 2. The van der Waals surface area contributed by atoms with Crippen molar-refractivity contribution in [3.63, 3.8) is 0 Å². The molecule has 1 amide bonds. The molecular formula is C17H11F3N4O. The second-order valence-electron chi connectivity index (χ2n) is 5.01. The molecule has 3 aromatic rings. The lowest BCUT2D eigenvalue weighted by atomic mass is 10.3. The number of aromatic nitrogens is 2. The van der Waals surface area contributed by atoms with Crippen LogP contribution in [0.2, 0.25) is 0 Å². The van der Waals surface area contributed by atoms with E-state index in [1.54, 1.807) is 0 Å². The van der Waals surface area contributed by atoms with Gasteiger partial charge in [-0.1, -0.05) is 0 Å². The number of hydrogen-bond donors (Lipinski definition) is 2. The predicted molar refractivity (Wildman–Crippen MR) is 86.0 cm³/mol. The second kappa shape index (κ2) is 7.00. The van der Waals surface area contributed by atoms with Gasteiger partial charge in [0.05, 0.1) is 5.69 Å². The van der Waals surface area contributed by atoms with Gasteiger partial charge in [0.1, 0.15) is 17.5 Å². The number of rotatable bonds is 4. The molecule has 0 radical (unpaired) electrons. The van der Waals surface area contributed by atoms with E-state index in [-0.39, 0.29) is 17.2 Å². The molecule has 0 bridgehead atoms. The van der Waals surface area contributed by atoms with Crippen LogP contribution in [0.3, 0.4) is 0 Å². The van der Waals surface area contributed by atoms with E-state index in [4.69, 9.17) is 0 Å². The Labute approximate surface area is 140 Å². The third-order valence-electron chi connectivity index (χ3n) is 3.19. The smallest absolute Gasteiger partial charge is 0.276 e. The molecule has 0 aliphatic heterocycles. The second-order valence-corrected chi connectivity index (χ2v) is 5.01. The zero-order valence-corrected chi connectivity index (χ0v) is 12.6. The van der Waals surface area contributed by atoms with Gasteiger partial charge in [-0.25, -0.2) is 13.2 Å². The van der Waals surface area contributed by atoms with Gasteiger partial charge in [-0.05, 0) is 48.5 Å². The summed E-state index contributed by atoms with van der Waals surface area (Å²) in [5.74, 6) is -2.23. The number of halogens is 3. The van der Waals surface area contributed by atoms with Crippen molar-refractivity contribution in [1.29, 1.82) is 0 Å². The minimum Gasteiger partial charge on any atom is -0.336 e. The molecule has 8 heteroatoms. The molecule has 25 heavy (non-hydrogen) atoms. The van der Waals surface area contributed by atoms with E-state index in [1.807, 2.05) is 0 Å². The third-order valence-corrected chi connectivity index (χ3v) is 3.19. The van der Waals surface area contributed by atoms with E-state index in [0.29, 0.717) is 5.69 Å². The molecule has 5 nitrogen and oxygen atoms in total. The molecule has 1 aromatic heterocycles. The SMILES string of the molecule is O=C(Nc1ccc(F)cc1)c1ccc(Nc2ccc(F)cc2F)nn1. The highest BCUT2D eigenvalue weighted by molar-refractivity contribution is 6.02. The monoisotopic (exact) mass is 344 g/mol. The number of amides is 1. The average molecular weight is 344 g/mol. The first-order chi connectivity index (χ1) is 12.0. The quantitative estimate of drug-likeness (QED) is 0.753. The van der Waals surface area contributed by atoms with Crippen molar-refractivity contribution in [3.05, 3.63) is 77.7 Å². The Hall–Kier alpha value is -3.42. The van der Waals surface area contributed by atoms with Gasteiger partial charge in [0, 0.05) is 11.8 Å². The Morgan fingerprint density at radius 1 is 0.840 bits per heavy atom. The zero-order chi connectivity index (χ0) is 17.8. The molecule has 0 saturated heterocycles. The predicted octanol–water partition coefficient (Wildman–Crippen LogP) is 3.89. The average Bonchev–Trinajstić information content (AvgIpc) is 2.60. The number of carbonyl (C=O) groups is 1. The van der Waals surface area contributed by atoms with Gasteiger partial charge in [-0.2, -0.15) is 0 Å². The largest absolute Gasteiger partial charge is 0.336 e. The summed E-state index contributed by atoms with van der Waals surface area (Å²) in [6.45, 7) is 0. The lowest BCUT2D eigenvalue weighted by Gasteiger charge is -2.07. The molecule has 2 N–H and O–H groups in total. The standard InChI is InChI=1S/C17H11F3N4O/c18-10-1-4-12(5-2-10)21-17(25)15-7-8-16(24-23-15)22-14-6-3-11(19)9-13(14)20/h1-9H,(H,21,25)(H,22,24). The summed E-state index contributed by atoms with van der Waals surface area (Å²) in [7, 11) is 0. The fourth-order valence-electron chi connectivity index (χ4n) is 1.98. The molecular weight excluding hydrogens is 333 g/mol. The fraction of sp³-hybridized carbons (Fsp3) is 0. The number of carbonyl (C=O) groups excluding carboxylic acids is 1. The van der Waals surface area contributed by atoms with Gasteiger partial charge in [0.2, 0.25) is 0 Å². The van der Waals surface area contributed by atoms with Crippen LogP contribution in [0.15, 0.2) is 54.6 Å². The van der Waals surface area contributed by atoms with Crippen LogP contribution in [0.4, 0.5) is 30.4 Å². The summed E-state index contributed by atoms with van der Waals surface area (Å²) >= 11 is 0. The third kappa shape index (κ3) is 4.11. The van der Waals surface area contributed by atoms with Crippen molar-refractivity contribution in [2.75, 3.05) is 10.6 Å². The molecule has 2 aromatic carbocycles. The van der Waals surface area contributed by atoms with Crippen LogP contribution in [0, 0.1) is 17.5 Å². The van der Waals surface area contributed by atoms with Crippen molar-refractivity contribution in [2.45, 2.75) is 0 Å². The maximum absolute atomic E-state index is 13.6. The van der Waals surface area contributed by atoms with E-state index >= 15 is 0 Å². The minimum atomic E-state index is -0.778. The minimum absolute atomic E-state index is 0.0226. The maximum atomic E-state index is 13.6. The van der Waals surface area contributed by atoms with E-state index in [9.17, 15) is 18.0 Å². The van der Waals surface area contributed by atoms with E-state index in [2.05, 4.69) is 20.8 Å². The molecule has 0 atom stereocenters. The molecule has 0 fully saturated rings. The molecule has 0 aliphatic carbocycles. The van der Waals surface area contributed by atoms with E-state index in [1.165, 1.54) is 42.5 Å². The maximum Gasteiger partial charge on any atom is 0.276 e. The van der Waals surface area contributed by atoms with E-state index in [0.717, 1.165) is 12.1 Å². The topological polar surface area (TPSA) is 66.9 Å². The molecule has 0 unspecified atom stereocenters. The Bertz CT molecular complexity index is 899. The van der Waals surface area contributed by atoms with Crippen molar-refractivity contribution in [1.82, 2.24) is 10.2 Å². The van der Waals surface area contributed by atoms with Gasteiger partial charge in [-0.3, -0.25) is 4.79 Å². The highest BCUT2D eigenvalue weighted by Gasteiger charge is 2.10. The summed E-state index contributed by atoms with van der Waals surface area (Å²) in [5.41, 5.74) is 0.456. The van der Waals surface area contributed by atoms with Gasteiger partial charge in [0.25, 0.3) is 5.91 Å². The number of hydrogen-bond acceptors (Lipinski definition) is 4. The lowest BCUT2D eigenvalue weighted by molar-refractivity contribution is 0.102. The summed E-state index contributed by atoms with van der Waals surface area (Å²) in [6.07, 6.45) is 0. The first kappa shape index (κ1) is 16.4. The summed E-state index contributed by atoms with van der Waals surface area (Å²) < 4.78 is 39.3. The van der Waals surface area contributed by atoms with Crippen molar-refractivity contribution in [2.24, 2.45) is 0 Å². The van der Waals surface area contributed by atoms with Crippen LogP contribution < -0.4 is 10.6 Å². The Balaban J connectivity index is 1.69. The highest BCUT2D eigenvalue weighted by atomic mass is 19.1. The fourth-order valence-corrected chi connectivity index (χ4v) is 1.98. The van der Waals surface area contributed by atoms with Crippen LogP contribution in [0.25, 0.3) is 0 Å². The Kier molecular flexibility index (Phi) is 4.60. The van der Waals surface area contributed by atoms with Gasteiger partial charge in [0.15, 0.2) is 11.5 Å². The summed E-state index contributed by atoms with van der Waals surface area (Å²) in [6, 6.07) is 11.1. The molecule has 0 spiro atoms. The van der Waals surface area contributed by atoms with Crippen LogP contribution in [0.1, 0.15) is 10.5 Å².